The maximum atomic E-state index is 5.79. The smallest absolute Gasteiger partial charge is 0.119 e. The molecule has 0 amide bonds. The molecule has 0 aliphatic heterocycles. The summed E-state index contributed by atoms with van der Waals surface area (Å²) in [6.07, 6.45) is 0. The van der Waals surface area contributed by atoms with Crippen LogP contribution in [0.3, 0.4) is 0 Å². The van der Waals surface area contributed by atoms with E-state index in [0.29, 0.717) is 5.92 Å². The number of ether oxygens (including phenoxy) is 1. The van der Waals surface area contributed by atoms with Gasteiger partial charge in [0, 0.05) is 5.92 Å². The molecule has 1 unspecified atom stereocenters. The van der Waals surface area contributed by atoms with E-state index in [2.05, 4.69) is 52.5 Å². The van der Waals surface area contributed by atoms with Gasteiger partial charge in [-0.15, -0.1) is 0 Å². The van der Waals surface area contributed by atoms with Gasteiger partial charge < -0.3 is 4.74 Å². The van der Waals surface area contributed by atoms with Gasteiger partial charge in [0.05, 0.1) is 6.61 Å². The highest BCUT2D eigenvalue weighted by molar-refractivity contribution is 7.80. The molecule has 1 aromatic carbocycles. The Labute approximate surface area is 105 Å². The highest BCUT2D eigenvalue weighted by Crippen LogP contribution is 2.27. The Bertz CT molecular complexity index is 311. The van der Waals surface area contributed by atoms with Crippen molar-refractivity contribution in [2.24, 2.45) is 11.3 Å². The standard InChI is InChI=1S/C14H22OS/c1-11-5-7-13(8-6-11)15-9-12(10-16)14(2,3)4/h5-8,12,16H,9-10H2,1-4H3. The van der Waals surface area contributed by atoms with E-state index >= 15 is 0 Å². The summed E-state index contributed by atoms with van der Waals surface area (Å²) in [6.45, 7) is 9.50. The molecule has 1 nitrogen and oxygen atoms in total. The molecule has 0 aliphatic rings. The largest absolute Gasteiger partial charge is 0.493 e. The Morgan fingerprint density at radius 3 is 2.19 bits per heavy atom. The summed E-state index contributed by atoms with van der Waals surface area (Å²) in [6, 6.07) is 8.19. The molecule has 0 fully saturated rings. The molecule has 16 heavy (non-hydrogen) atoms. The highest BCUT2D eigenvalue weighted by Gasteiger charge is 2.23. The van der Waals surface area contributed by atoms with E-state index in [1.165, 1.54) is 5.56 Å². The van der Waals surface area contributed by atoms with Gasteiger partial charge in [0.15, 0.2) is 0 Å². The second-order valence-electron chi connectivity index (χ2n) is 5.37. The number of rotatable bonds is 4. The summed E-state index contributed by atoms with van der Waals surface area (Å²) in [5, 5.41) is 0. The fourth-order valence-corrected chi connectivity index (χ4v) is 2.06. The number of aryl methyl sites for hydroxylation is 1. The van der Waals surface area contributed by atoms with Crippen LogP contribution < -0.4 is 4.74 Å². The Morgan fingerprint density at radius 2 is 1.75 bits per heavy atom. The van der Waals surface area contributed by atoms with Gasteiger partial charge >= 0.3 is 0 Å². The van der Waals surface area contributed by atoms with Gasteiger partial charge in [-0.25, -0.2) is 0 Å². The highest BCUT2D eigenvalue weighted by atomic mass is 32.1. The third kappa shape index (κ3) is 4.09. The summed E-state index contributed by atoms with van der Waals surface area (Å²) in [4.78, 5) is 0. The third-order valence-corrected chi connectivity index (χ3v) is 3.36. The summed E-state index contributed by atoms with van der Waals surface area (Å²) in [7, 11) is 0. The van der Waals surface area contributed by atoms with E-state index < -0.39 is 0 Å². The van der Waals surface area contributed by atoms with Gasteiger partial charge in [0.1, 0.15) is 5.75 Å². The molecule has 0 saturated heterocycles. The zero-order valence-corrected chi connectivity index (χ0v) is 11.6. The van der Waals surface area contributed by atoms with Crippen molar-refractivity contribution in [1.29, 1.82) is 0 Å². The molecular formula is C14H22OS. The van der Waals surface area contributed by atoms with Crippen LogP contribution in [0.2, 0.25) is 0 Å². The molecule has 0 radical (unpaired) electrons. The first-order chi connectivity index (χ1) is 7.43. The molecule has 1 rings (SSSR count). The lowest BCUT2D eigenvalue weighted by Crippen LogP contribution is -2.28. The van der Waals surface area contributed by atoms with E-state index in [-0.39, 0.29) is 5.41 Å². The van der Waals surface area contributed by atoms with Crippen LogP contribution >= 0.6 is 12.6 Å². The average Bonchev–Trinajstić information content (AvgIpc) is 2.19. The van der Waals surface area contributed by atoms with Crippen molar-refractivity contribution >= 4 is 12.6 Å². The molecule has 2 heteroatoms. The van der Waals surface area contributed by atoms with Gasteiger partial charge in [-0.05, 0) is 30.2 Å². The Balaban J connectivity index is 2.53. The topological polar surface area (TPSA) is 9.23 Å². The van der Waals surface area contributed by atoms with Crippen LogP contribution in [-0.4, -0.2) is 12.4 Å². The Morgan fingerprint density at radius 1 is 1.19 bits per heavy atom. The number of hydrogen-bond donors (Lipinski definition) is 1. The molecule has 0 aromatic heterocycles. The van der Waals surface area contributed by atoms with Crippen LogP contribution in [0.25, 0.3) is 0 Å². The van der Waals surface area contributed by atoms with E-state index in [1.807, 2.05) is 12.1 Å². The summed E-state index contributed by atoms with van der Waals surface area (Å²) < 4.78 is 5.79. The monoisotopic (exact) mass is 238 g/mol. The van der Waals surface area contributed by atoms with Crippen LogP contribution in [0.15, 0.2) is 24.3 Å². The van der Waals surface area contributed by atoms with Gasteiger partial charge in [-0.2, -0.15) is 12.6 Å². The van der Waals surface area contributed by atoms with Crippen molar-refractivity contribution in [3.8, 4) is 5.75 Å². The summed E-state index contributed by atoms with van der Waals surface area (Å²) >= 11 is 4.39. The molecular weight excluding hydrogens is 216 g/mol. The molecule has 0 saturated carbocycles. The van der Waals surface area contributed by atoms with E-state index in [1.54, 1.807) is 0 Å². The molecule has 0 bridgehead atoms. The zero-order valence-electron chi connectivity index (χ0n) is 10.7. The maximum Gasteiger partial charge on any atom is 0.119 e. The van der Waals surface area contributed by atoms with Crippen molar-refractivity contribution < 1.29 is 4.74 Å². The third-order valence-electron chi connectivity index (χ3n) is 2.92. The maximum absolute atomic E-state index is 5.79. The van der Waals surface area contributed by atoms with Crippen molar-refractivity contribution in [3.63, 3.8) is 0 Å². The van der Waals surface area contributed by atoms with E-state index in [4.69, 9.17) is 4.74 Å². The minimum atomic E-state index is 0.243. The van der Waals surface area contributed by atoms with Gasteiger partial charge in [-0.1, -0.05) is 38.5 Å². The quantitative estimate of drug-likeness (QED) is 0.781. The minimum absolute atomic E-state index is 0.243. The SMILES string of the molecule is Cc1ccc(OCC(CS)C(C)(C)C)cc1. The van der Waals surface area contributed by atoms with Crippen LogP contribution in [0, 0.1) is 18.3 Å². The first-order valence-electron chi connectivity index (χ1n) is 5.74. The van der Waals surface area contributed by atoms with E-state index in [9.17, 15) is 0 Å². The zero-order chi connectivity index (χ0) is 12.2. The lowest BCUT2D eigenvalue weighted by Gasteiger charge is -2.29. The number of thiol groups is 1. The summed E-state index contributed by atoms with van der Waals surface area (Å²) in [5.41, 5.74) is 1.50. The fraction of sp³-hybridized carbons (Fsp3) is 0.571. The second-order valence-corrected chi connectivity index (χ2v) is 5.73. The van der Waals surface area contributed by atoms with Gasteiger partial charge in [0.2, 0.25) is 0 Å². The number of benzene rings is 1. The van der Waals surface area contributed by atoms with Gasteiger partial charge in [0.25, 0.3) is 0 Å². The van der Waals surface area contributed by atoms with Gasteiger partial charge in [-0.3, -0.25) is 0 Å². The normalized spacial score (nSPS) is 13.6. The molecule has 90 valence electrons. The van der Waals surface area contributed by atoms with E-state index in [0.717, 1.165) is 18.1 Å². The van der Waals surface area contributed by atoms with Crippen LogP contribution in [-0.2, 0) is 0 Å². The minimum Gasteiger partial charge on any atom is -0.493 e. The van der Waals surface area contributed by atoms with Crippen LogP contribution in [0.4, 0.5) is 0 Å². The van der Waals surface area contributed by atoms with Crippen molar-refractivity contribution in [3.05, 3.63) is 29.8 Å². The Kier molecular flexibility index (Phi) is 4.72. The molecule has 0 heterocycles. The summed E-state index contributed by atoms with van der Waals surface area (Å²) in [5.74, 6) is 2.27. The predicted octanol–water partition coefficient (Wildman–Crippen LogP) is 3.97. The molecule has 1 atom stereocenters. The first kappa shape index (κ1) is 13.4. The predicted molar refractivity (Wildman–Crippen MR) is 73.5 cm³/mol. The molecule has 0 N–H and O–H groups in total. The average molecular weight is 238 g/mol. The number of hydrogen-bond acceptors (Lipinski definition) is 2. The van der Waals surface area contributed by atoms with Crippen LogP contribution in [0.1, 0.15) is 26.3 Å². The molecule has 0 spiro atoms. The molecule has 0 aliphatic carbocycles. The lowest BCUT2D eigenvalue weighted by molar-refractivity contribution is 0.165. The van der Waals surface area contributed by atoms with Crippen molar-refractivity contribution in [1.82, 2.24) is 0 Å². The van der Waals surface area contributed by atoms with Crippen molar-refractivity contribution in [2.45, 2.75) is 27.7 Å². The van der Waals surface area contributed by atoms with Crippen LogP contribution in [0.5, 0.6) is 5.75 Å². The lowest BCUT2D eigenvalue weighted by atomic mass is 9.82. The fourth-order valence-electron chi connectivity index (χ4n) is 1.41. The van der Waals surface area contributed by atoms with Crippen molar-refractivity contribution in [2.75, 3.05) is 12.4 Å². The second kappa shape index (κ2) is 5.62. The Hall–Kier alpha value is -0.630. The first-order valence-corrected chi connectivity index (χ1v) is 6.37. The molecule has 1 aromatic rings.